The van der Waals surface area contributed by atoms with Crippen LogP contribution in [0.4, 0.5) is 11.4 Å². The third-order valence-electron chi connectivity index (χ3n) is 2.57. The summed E-state index contributed by atoms with van der Waals surface area (Å²) in [6.07, 6.45) is 0. The maximum atomic E-state index is 12.2. The summed E-state index contributed by atoms with van der Waals surface area (Å²) in [7, 11) is 0. The van der Waals surface area contributed by atoms with Crippen LogP contribution in [0.15, 0.2) is 35.5 Å². The van der Waals surface area contributed by atoms with Gasteiger partial charge >= 0.3 is 5.97 Å². The molecule has 0 fully saturated rings. The number of nitrogens with zero attached hydrogens (tertiary/aromatic N) is 1. The summed E-state index contributed by atoms with van der Waals surface area (Å²) in [5.41, 5.74) is 5.16. The first-order valence-corrected chi connectivity index (χ1v) is 7.18. The van der Waals surface area contributed by atoms with Gasteiger partial charge < -0.3 is 15.8 Å². The van der Waals surface area contributed by atoms with Crippen molar-refractivity contribution in [1.29, 1.82) is 0 Å². The summed E-state index contributed by atoms with van der Waals surface area (Å²) in [4.78, 5) is 22.7. The second kappa shape index (κ2) is 7.19. The Balaban J connectivity index is 3.09. The normalized spacial score (nSPS) is 12.2. The van der Waals surface area contributed by atoms with Gasteiger partial charge in [0.15, 0.2) is 0 Å². The summed E-state index contributed by atoms with van der Waals surface area (Å²) in [6.45, 7) is 6.65. The fourth-order valence-electron chi connectivity index (χ4n) is 1.69. The van der Waals surface area contributed by atoms with Crippen LogP contribution < -0.4 is 11.1 Å². The first kappa shape index (κ1) is 18.6. The minimum atomic E-state index is -0.716. The highest BCUT2D eigenvalue weighted by atomic mass is 32.1. The van der Waals surface area contributed by atoms with Gasteiger partial charge in [0.25, 0.3) is 5.69 Å². The van der Waals surface area contributed by atoms with Crippen LogP contribution in [0.2, 0.25) is 0 Å². The second-order valence-corrected chi connectivity index (χ2v) is 6.20. The number of nitro benzene ring substituents is 1. The molecule has 0 aliphatic carbocycles. The van der Waals surface area contributed by atoms with Crippen LogP contribution in [0, 0.1) is 10.1 Å². The zero-order valence-electron chi connectivity index (χ0n) is 13.4. The first-order chi connectivity index (χ1) is 10.5. The number of hydrogen-bond acceptors (Lipinski definition) is 6. The average molecular weight is 337 g/mol. The number of rotatable bonds is 4. The molecule has 0 unspecified atom stereocenters. The van der Waals surface area contributed by atoms with Crippen LogP contribution >= 0.6 is 12.2 Å². The smallest absolute Gasteiger partial charge is 0.343 e. The third-order valence-corrected chi connectivity index (χ3v) is 2.88. The van der Waals surface area contributed by atoms with Crippen LogP contribution in [-0.2, 0) is 9.53 Å². The number of carbonyl (C=O) groups excluding carboxylic acids is 1. The van der Waals surface area contributed by atoms with Gasteiger partial charge in [-0.2, -0.15) is 0 Å². The minimum absolute atomic E-state index is 0.0203. The molecule has 0 aliphatic heterocycles. The van der Waals surface area contributed by atoms with Crippen molar-refractivity contribution < 1.29 is 14.5 Å². The fraction of sp³-hybridized carbons (Fsp3) is 0.333. The highest BCUT2D eigenvalue weighted by Crippen LogP contribution is 2.24. The zero-order chi connectivity index (χ0) is 17.8. The molecule has 1 aromatic carbocycles. The molecule has 0 amide bonds. The molecule has 1 rings (SSSR count). The van der Waals surface area contributed by atoms with Crippen molar-refractivity contribution in [1.82, 2.24) is 0 Å². The van der Waals surface area contributed by atoms with Gasteiger partial charge in [0, 0.05) is 11.8 Å². The maximum Gasteiger partial charge on any atom is 0.343 e. The van der Waals surface area contributed by atoms with Gasteiger partial charge in [0.05, 0.1) is 4.92 Å². The number of hydrogen-bond donors (Lipinski definition) is 2. The summed E-state index contributed by atoms with van der Waals surface area (Å²) in [5, 5.41) is 13.7. The molecule has 0 radical (unpaired) electrons. The lowest BCUT2D eigenvalue weighted by molar-refractivity contribution is -0.383. The molecular weight excluding hydrogens is 318 g/mol. The number of nitrogens with two attached hydrogens (primary N) is 1. The Hall–Kier alpha value is -2.48. The summed E-state index contributed by atoms with van der Waals surface area (Å²) >= 11 is 5.17. The molecule has 8 heteroatoms. The van der Waals surface area contributed by atoms with E-state index in [1.165, 1.54) is 25.1 Å². The van der Waals surface area contributed by atoms with Crippen molar-refractivity contribution >= 4 is 34.6 Å². The largest absolute Gasteiger partial charge is 0.456 e. The monoisotopic (exact) mass is 337 g/mol. The predicted molar refractivity (Wildman–Crippen MR) is 92.0 cm³/mol. The van der Waals surface area contributed by atoms with E-state index in [1.54, 1.807) is 26.8 Å². The number of para-hydroxylation sites is 2. The highest BCUT2D eigenvalue weighted by molar-refractivity contribution is 7.81. The van der Waals surface area contributed by atoms with E-state index in [1.807, 2.05) is 0 Å². The lowest BCUT2D eigenvalue weighted by Gasteiger charge is -2.21. The number of carbonyl (C=O) groups is 1. The molecule has 0 saturated heterocycles. The van der Waals surface area contributed by atoms with Gasteiger partial charge in [-0.15, -0.1) is 0 Å². The molecule has 0 aromatic heterocycles. The molecule has 0 atom stereocenters. The molecule has 0 aliphatic rings. The number of esters is 1. The molecule has 23 heavy (non-hydrogen) atoms. The van der Waals surface area contributed by atoms with Crippen LogP contribution in [0.5, 0.6) is 0 Å². The lowest BCUT2D eigenvalue weighted by Crippen LogP contribution is -2.30. The molecule has 3 N–H and O–H groups in total. The quantitative estimate of drug-likeness (QED) is 0.286. The van der Waals surface area contributed by atoms with E-state index < -0.39 is 16.5 Å². The molecule has 7 nitrogen and oxygen atoms in total. The SMILES string of the molecule is C/C(N)=C(\C(=O)OC(C)(C)C)C(=S)Nc1ccccc1[N+](=O)[O-]. The molecule has 0 saturated carbocycles. The van der Waals surface area contributed by atoms with E-state index in [0.29, 0.717) is 0 Å². The number of ether oxygens (including phenoxy) is 1. The minimum Gasteiger partial charge on any atom is -0.456 e. The average Bonchev–Trinajstić information content (AvgIpc) is 2.36. The van der Waals surface area contributed by atoms with E-state index >= 15 is 0 Å². The number of thiocarbonyl (C=S) groups is 1. The first-order valence-electron chi connectivity index (χ1n) is 6.77. The van der Waals surface area contributed by atoms with E-state index in [4.69, 9.17) is 22.7 Å². The topological polar surface area (TPSA) is 107 Å². The van der Waals surface area contributed by atoms with Crippen molar-refractivity contribution in [3.05, 3.63) is 45.6 Å². The number of nitrogens with one attached hydrogen (secondary N) is 1. The Bertz CT molecular complexity index is 674. The Morgan fingerprint density at radius 3 is 2.39 bits per heavy atom. The molecule has 0 heterocycles. The van der Waals surface area contributed by atoms with E-state index in [9.17, 15) is 14.9 Å². The Morgan fingerprint density at radius 2 is 1.91 bits per heavy atom. The number of nitro groups is 1. The molecule has 0 spiro atoms. The Morgan fingerprint density at radius 1 is 1.35 bits per heavy atom. The standard InChI is InChI=1S/C15H19N3O4S/c1-9(16)12(14(19)22-15(2,3)4)13(23)17-10-7-5-6-8-11(10)18(20)21/h5-8H,16H2,1-4H3,(H,17,23)/b12-9+. The van der Waals surface area contributed by atoms with Gasteiger partial charge in [-0.3, -0.25) is 10.1 Å². The summed E-state index contributed by atoms with van der Waals surface area (Å²) in [5.74, 6) is -0.686. The van der Waals surface area contributed by atoms with Gasteiger partial charge in [-0.25, -0.2) is 4.79 Å². The summed E-state index contributed by atoms with van der Waals surface area (Å²) < 4.78 is 5.26. The van der Waals surface area contributed by atoms with Gasteiger partial charge in [0.1, 0.15) is 21.9 Å². The fourth-order valence-corrected chi connectivity index (χ4v) is 2.04. The van der Waals surface area contributed by atoms with Gasteiger partial charge in [0.2, 0.25) is 0 Å². The van der Waals surface area contributed by atoms with Crippen LogP contribution in [-0.4, -0.2) is 21.5 Å². The second-order valence-electron chi connectivity index (χ2n) is 5.79. The number of anilines is 1. The van der Waals surface area contributed by atoms with Crippen molar-refractivity contribution in [3.8, 4) is 0 Å². The molecule has 1 aromatic rings. The van der Waals surface area contributed by atoms with E-state index in [-0.39, 0.29) is 27.6 Å². The van der Waals surface area contributed by atoms with E-state index in [0.717, 1.165) is 0 Å². The Labute approximate surface area is 139 Å². The number of allylic oxidation sites excluding steroid dienone is 1. The maximum absolute atomic E-state index is 12.2. The van der Waals surface area contributed by atoms with Crippen LogP contribution in [0.1, 0.15) is 27.7 Å². The van der Waals surface area contributed by atoms with Crippen molar-refractivity contribution in [2.24, 2.45) is 5.73 Å². The van der Waals surface area contributed by atoms with Gasteiger partial charge in [-0.05, 0) is 33.8 Å². The molecular formula is C15H19N3O4S. The van der Waals surface area contributed by atoms with E-state index in [2.05, 4.69) is 5.32 Å². The Kier molecular flexibility index (Phi) is 5.80. The van der Waals surface area contributed by atoms with Crippen LogP contribution in [0.25, 0.3) is 0 Å². The number of benzene rings is 1. The predicted octanol–water partition coefficient (Wildman–Crippen LogP) is 2.91. The third kappa shape index (κ3) is 5.33. The molecule has 0 bridgehead atoms. The highest BCUT2D eigenvalue weighted by Gasteiger charge is 2.25. The lowest BCUT2D eigenvalue weighted by atomic mass is 10.1. The van der Waals surface area contributed by atoms with Crippen molar-refractivity contribution in [2.45, 2.75) is 33.3 Å². The zero-order valence-corrected chi connectivity index (χ0v) is 14.2. The summed E-state index contributed by atoms with van der Waals surface area (Å²) in [6, 6.07) is 5.97. The van der Waals surface area contributed by atoms with Crippen LogP contribution in [0.3, 0.4) is 0 Å². The van der Waals surface area contributed by atoms with Gasteiger partial charge in [-0.1, -0.05) is 24.4 Å². The van der Waals surface area contributed by atoms with Crippen molar-refractivity contribution in [3.63, 3.8) is 0 Å². The molecule has 124 valence electrons. The van der Waals surface area contributed by atoms with Crippen molar-refractivity contribution in [2.75, 3.05) is 5.32 Å².